The lowest BCUT2D eigenvalue weighted by atomic mass is 10.3. The number of carbonyl (C=O) groups is 1. The molecule has 126 valence electrons. The molecule has 23 heavy (non-hydrogen) atoms. The number of non-ortho nitro benzene ring substituents is 1. The van der Waals surface area contributed by atoms with E-state index in [2.05, 4.69) is 0 Å². The van der Waals surface area contributed by atoms with E-state index in [1.165, 1.54) is 24.3 Å². The van der Waals surface area contributed by atoms with Crippen LogP contribution in [0.15, 0.2) is 24.3 Å². The number of esters is 1. The second kappa shape index (κ2) is 7.49. The van der Waals surface area contributed by atoms with E-state index in [1.807, 2.05) is 13.8 Å². The molecule has 1 heterocycles. The van der Waals surface area contributed by atoms with Gasteiger partial charge in [-0.3, -0.25) is 14.9 Å². The van der Waals surface area contributed by atoms with Crippen LogP contribution in [0.2, 0.25) is 0 Å². The summed E-state index contributed by atoms with van der Waals surface area (Å²) < 4.78 is 21.4. The van der Waals surface area contributed by atoms with Gasteiger partial charge in [-0.25, -0.2) is 0 Å². The summed E-state index contributed by atoms with van der Waals surface area (Å²) in [6.07, 6.45) is -0.0655. The average Bonchev–Trinajstić information content (AvgIpc) is 2.83. The highest BCUT2D eigenvalue weighted by Crippen LogP contribution is 2.22. The molecule has 1 aliphatic heterocycles. The number of nitro benzene ring substituents is 1. The first-order valence-corrected chi connectivity index (χ1v) is 7.20. The van der Waals surface area contributed by atoms with Crippen LogP contribution in [0.5, 0.6) is 5.75 Å². The summed E-state index contributed by atoms with van der Waals surface area (Å²) in [7, 11) is 0. The maximum Gasteiger partial charge on any atom is 0.313 e. The van der Waals surface area contributed by atoms with Crippen molar-refractivity contribution in [2.45, 2.75) is 32.2 Å². The van der Waals surface area contributed by atoms with Crippen molar-refractivity contribution in [3.63, 3.8) is 0 Å². The number of benzene rings is 1. The van der Waals surface area contributed by atoms with Gasteiger partial charge in [-0.1, -0.05) is 0 Å². The molecule has 0 spiro atoms. The Labute approximate surface area is 133 Å². The predicted molar refractivity (Wildman–Crippen MR) is 79.1 cm³/mol. The quantitative estimate of drug-likeness (QED) is 0.249. The van der Waals surface area contributed by atoms with E-state index in [1.54, 1.807) is 0 Å². The maximum absolute atomic E-state index is 11.6. The van der Waals surface area contributed by atoms with Gasteiger partial charge >= 0.3 is 5.97 Å². The number of ether oxygens (including phenoxy) is 4. The van der Waals surface area contributed by atoms with Crippen LogP contribution in [0.1, 0.15) is 20.3 Å². The average molecular weight is 325 g/mol. The van der Waals surface area contributed by atoms with Gasteiger partial charge in [-0.05, 0) is 26.0 Å². The fourth-order valence-corrected chi connectivity index (χ4v) is 2.03. The zero-order chi connectivity index (χ0) is 16.9. The normalized spacial score (nSPS) is 19.5. The number of carbonyl (C=O) groups excluding carboxylic acids is 1. The lowest BCUT2D eigenvalue weighted by Gasteiger charge is -2.16. The molecule has 0 radical (unpaired) electrons. The minimum absolute atomic E-state index is 0.0603. The first-order valence-electron chi connectivity index (χ1n) is 7.20. The van der Waals surface area contributed by atoms with Crippen molar-refractivity contribution in [1.82, 2.24) is 0 Å². The third kappa shape index (κ3) is 5.59. The van der Waals surface area contributed by atoms with Crippen molar-refractivity contribution in [3.8, 4) is 5.75 Å². The van der Waals surface area contributed by atoms with Crippen molar-refractivity contribution >= 4 is 11.7 Å². The first kappa shape index (κ1) is 17.3. The van der Waals surface area contributed by atoms with Crippen LogP contribution in [0.25, 0.3) is 0 Å². The summed E-state index contributed by atoms with van der Waals surface area (Å²) in [5, 5.41) is 10.5. The fourth-order valence-electron chi connectivity index (χ4n) is 2.03. The van der Waals surface area contributed by atoms with Crippen LogP contribution in [0, 0.1) is 10.1 Å². The van der Waals surface area contributed by atoms with E-state index in [4.69, 9.17) is 18.9 Å². The zero-order valence-electron chi connectivity index (χ0n) is 13.0. The van der Waals surface area contributed by atoms with Gasteiger partial charge in [-0.15, -0.1) is 0 Å². The molecule has 1 aromatic carbocycles. The predicted octanol–water partition coefficient (Wildman–Crippen LogP) is 2.06. The molecular weight excluding hydrogens is 306 g/mol. The number of hydrogen-bond donors (Lipinski definition) is 0. The topological polar surface area (TPSA) is 97.1 Å². The molecule has 2 rings (SSSR count). The summed E-state index contributed by atoms with van der Waals surface area (Å²) in [4.78, 5) is 21.6. The lowest BCUT2D eigenvalue weighted by Crippen LogP contribution is -2.24. The smallest absolute Gasteiger partial charge is 0.313 e. The zero-order valence-corrected chi connectivity index (χ0v) is 13.0. The maximum atomic E-state index is 11.6. The van der Waals surface area contributed by atoms with Crippen molar-refractivity contribution in [3.05, 3.63) is 34.4 Å². The SMILES string of the molecule is CC1(C)OC[C@H](COCCC(=O)Oc2ccc([N+](=O)[O-])cc2)O1. The van der Waals surface area contributed by atoms with Crippen molar-refractivity contribution in [2.75, 3.05) is 19.8 Å². The molecule has 1 fully saturated rings. The van der Waals surface area contributed by atoms with Crippen molar-refractivity contribution in [2.24, 2.45) is 0 Å². The molecule has 0 bridgehead atoms. The van der Waals surface area contributed by atoms with Gasteiger partial charge in [0.2, 0.25) is 0 Å². The van der Waals surface area contributed by atoms with E-state index >= 15 is 0 Å². The van der Waals surface area contributed by atoms with Gasteiger partial charge < -0.3 is 18.9 Å². The number of hydrogen-bond acceptors (Lipinski definition) is 7. The Kier molecular flexibility index (Phi) is 5.64. The highest BCUT2D eigenvalue weighted by Gasteiger charge is 2.32. The van der Waals surface area contributed by atoms with Crippen LogP contribution >= 0.6 is 0 Å². The summed E-state index contributed by atoms with van der Waals surface area (Å²) in [6.45, 7) is 4.66. The highest BCUT2D eigenvalue weighted by atomic mass is 16.7. The fraction of sp³-hybridized carbons (Fsp3) is 0.533. The van der Waals surface area contributed by atoms with E-state index < -0.39 is 16.7 Å². The molecular formula is C15H19NO7. The van der Waals surface area contributed by atoms with Gasteiger partial charge in [-0.2, -0.15) is 0 Å². The third-order valence-corrected chi connectivity index (χ3v) is 3.10. The molecule has 1 atom stereocenters. The largest absolute Gasteiger partial charge is 0.426 e. The Morgan fingerprint density at radius 1 is 1.39 bits per heavy atom. The van der Waals surface area contributed by atoms with Crippen molar-refractivity contribution < 1.29 is 28.7 Å². The Balaban J connectivity index is 1.64. The van der Waals surface area contributed by atoms with E-state index in [9.17, 15) is 14.9 Å². The Morgan fingerprint density at radius 2 is 2.09 bits per heavy atom. The molecule has 1 aliphatic rings. The summed E-state index contributed by atoms with van der Waals surface area (Å²) in [6, 6.07) is 5.31. The Hall–Kier alpha value is -2.03. The Bertz CT molecular complexity index is 555. The summed E-state index contributed by atoms with van der Waals surface area (Å²) >= 11 is 0. The lowest BCUT2D eigenvalue weighted by molar-refractivity contribution is -0.384. The van der Waals surface area contributed by atoms with Crippen LogP contribution in [-0.2, 0) is 19.0 Å². The third-order valence-electron chi connectivity index (χ3n) is 3.10. The van der Waals surface area contributed by atoms with Gasteiger partial charge in [0.1, 0.15) is 11.9 Å². The standard InChI is InChI=1S/C15H19NO7/c1-15(2)21-10-13(23-15)9-20-8-7-14(17)22-12-5-3-11(4-6-12)16(18)19/h3-6,13H,7-10H2,1-2H3/t13-/m0/s1. The van der Waals surface area contributed by atoms with Crippen LogP contribution < -0.4 is 4.74 Å². The summed E-state index contributed by atoms with van der Waals surface area (Å²) in [5.41, 5.74) is -0.0603. The van der Waals surface area contributed by atoms with Crippen LogP contribution in [0.4, 0.5) is 5.69 Å². The molecule has 0 unspecified atom stereocenters. The molecule has 0 N–H and O–H groups in total. The van der Waals surface area contributed by atoms with Crippen LogP contribution in [0.3, 0.4) is 0 Å². The molecule has 0 aromatic heterocycles. The highest BCUT2D eigenvalue weighted by molar-refractivity contribution is 5.72. The number of rotatable bonds is 7. The minimum Gasteiger partial charge on any atom is -0.426 e. The first-order chi connectivity index (χ1) is 10.9. The van der Waals surface area contributed by atoms with Crippen LogP contribution in [-0.4, -0.2) is 42.6 Å². The molecule has 8 nitrogen and oxygen atoms in total. The van der Waals surface area contributed by atoms with Gasteiger partial charge in [0.05, 0.1) is 31.2 Å². The number of nitrogens with zero attached hydrogens (tertiary/aromatic N) is 1. The van der Waals surface area contributed by atoms with Gasteiger partial charge in [0, 0.05) is 12.1 Å². The van der Waals surface area contributed by atoms with Gasteiger partial charge in [0.15, 0.2) is 5.79 Å². The molecule has 1 saturated heterocycles. The number of nitro groups is 1. The van der Waals surface area contributed by atoms with Crippen molar-refractivity contribution in [1.29, 1.82) is 0 Å². The van der Waals surface area contributed by atoms with E-state index in [0.29, 0.717) is 13.2 Å². The molecule has 0 aliphatic carbocycles. The molecule has 0 amide bonds. The second-order valence-electron chi connectivity index (χ2n) is 5.50. The molecule has 0 saturated carbocycles. The minimum atomic E-state index is -0.594. The van der Waals surface area contributed by atoms with E-state index in [-0.39, 0.29) is 30.6 Å². The van der Waals surface area contributed by atoms with Gasteiger partial charge in [0.25, 0.3) is 5.69 Å². The summed E-state index contributed by atoms with van der Waals surface area (Å²) in [5.74, 6) is -0.805. The Morgan fingerprint density at radius 3 is 2.65 bits per heavy atom. The monoisotopic (exact) mass is 325 g/mol. The molecule has 1 aromatic rings. The molecule has 8 heteroatoms. The van der Waals surface area contributed by atoms with E-state index in [0.717, 1.165) is 0 Å². The second-order valence-corrected chi connectivity index (χ2v) is 5.50.